The molecule has 1 aromatic rings. The molecule has 1 fully saturated rings. The highest BCUT2D eigenvalue weighted by atomic mass is 16.5. The molecule has 0 amide bonds. The van der Waals surface area contributed by atoms with Crippen molar-refractivity contribution in [3.8, 4) is 0 Å². The molecule has 0 aromatic carbocycles. The van der Waals surface area contributed by atoms with Gasteiger partial charge < -0.3 is 9.47 Å². The minimum atomic E-state index is -0.660. The Hall–Kier alpha value is -1.20. The van der Waals surface area contributed by atoms with Gasteiger partial charge in [-0.05, 0) is 12.5 Å². The van der Waals surface area contributed by atoms with E-state index in [9.17, 15) is 4.79 Å². The van der Waals surface area contributed by atoms with Gasteiger partial charge in [0, 0.05) is 52.3 Å². The van der Waals surface area contributed by atoms with Crippen LogP contribution in [0.25, 0.3) is 0 Å². The molecule has 0 N–H and O–H groups in total. The molecule has 0 aliphatic carbocycles. The van der Waals surface area contributed by atoms with Crippen LogP contribution in [0.1, 0.15) is 25.3 Å². The van der Waals surface area contributed by atoms with Gasteiger partial charge in [0.1, 0.15) is 5.60 Å². The Kier molecular flexibility index (Phi) is 4.14. The van der Waals surface area contributed by atoms with Crippen LogP contribution in [0.5, 0.6) is 0 Å². The fourth-order valence-electron chi connectivity index (χ4n) is 2.32. The van der Waals surface area contributed by atoms with E-state index in [-0.39, 0.29) is 5.78 Å². The summed E-state index contributed by atoms with van der Waals surface area (Å²) in [5.74, 6) is 0.129. The average molecular weight is 252 g/mol. The van der Waals surface area contributed by atoms with Gasteiger partial charge in [0.2, 0.25) is 0 Å². The Morgan fingerprint density at radius 2 is 2.28 bits per heavy atom. The molecule has 0 bridgehead atoms. The van der Waals surface area contributed by atoms with E-state index in [2.05, 4.69) is 5.10 Å². The number of nitrogens with zero attached hydrogens (tertiary/aromatic N) is 2. The largest absolute Gasteiger partial charge is 0.381 e. The first-order valence-corrected chi connectivity index (χ1v) is 6.38. The summed E-state index contributed by atoms with van der Waals surface area (Å²) in [4.78, 5) is 12.4. The molecule has 2 heterocycles. The van der Waals surface area contributed by atoms with Crippen LogP contribution < -0.4 is 0 Å². The van der Waals surface area contributed by atoms with Gasteiger partial charge in [0.25, 0.3) is 0 Å². The number of hydrogen-bond donors (Lipinski definition) is 0. The van der Waals surface area contributed by atoms with Crippen LogP contribution in [0.2, 0.25) is 0 Å². The number of Topliss-reactive ketones (excluding diaryl/α,β-unsaturated/α-hetero) is 1. The molecule has 0 saturated carbocycles. The van der Waals surface area contributed by atoms with Crippen LogP contribution in [0.3, 0.4) is 0 Å². The van der Waals surface area contributed by atoms with Gasteiger partial charge in [-0.3, -0.25) is 9.48 Å². The predicted molar refractivity (Wildman–Crippen MR) is 66.4 cm³/mol. The summed E-state index contributed by atoms with van der Waals surface area (Å²) in [6.07, 6.45) is 5.34. The molecule has 100 valence electrons. The second kappa shape index (κ2) is 5.63. The Balaban J connectivity index is 2.05. The highest BCUT2D eigenvalue weighted by molar-refractivity contribution is 5.89. The van der Waals surface area contributed by atoms with Gasteiger partial charge >= 0.3 is 0 Å². The minimum Gasteiger partial charge on any atom is -0.381 e. The lowest BCUT2D eigenvalue weighted by molar-refractivity contribution is -0.151. The number of ether oxygens (including phenoxy) is 2. The lowest BCUT2D eigenvalue weighted by Crippen LogP contribution is -2.46. The molecule has 1 aromatic heterocycles. The number of aryl methyl sites for hydroxylation is 1. The van der Waals surface area contributed by atoms with Gasteiger partial charge in [-0.25, -0.2) is 0 Å². The Morgan fingerprint density at radius 1 is 1.56 bits per heavy atom. The monoisotopic (exact) mass is 252 g/mol. The van der Waals surface area contributed by atoms with Crippen molar-refractivity contribution in [1.29, 1.82) is 0 Å². The number of carbonyl (C=O) groups excluding carboxylic acids is 1. The number of carbonyl (C=O) groups is 1. The summed E-state index contributed by atoms with van der Waals surface area (Å²) in [5.41, 5.74) is 0.289. The van der Waals surface area contributed by atoms with Gasteiger partial charge in [0.05, 0.1) is 6.20 Å². The molecule has 5 heteroatoms. The summed E-state index contributed by atoms with van der Waals surface area (Å²) in [5, 5.41) is 4.18. The highest BCUT2D eigenvalue weighted by Gasteiger charge is 2.39. The minimum absolute atomic E-state index is 0.129. The fourth-order valence-corrected chi connectivity index (χ4v) is 2.32. The van der Waals surface area contributed by atoms with Gasteiger partial charge in [-0.15, -0.1) is 0 Å². The Morgan fingerprint density at radius 3 is 2.83 bits per heavy atom. The molecule has 1 aliphatic heterocycles. The molecule has 5 nitrogen and oxygen atoms in total. The van der Waals surface area contributed by atoms with Crippen molar-refractivity contribution >= 4 is 5.78 Å². The average Bonchev–Trinajstić information content (AvgIpc) is 2.87. The summed E-state index contributed by atoms with van der Waals surface area (Å²) in [7, 11) is 1.61. The summed E-state index contributed by atoms with van der Waals surface area (Å²) >= 11 is 0. The molecule has 0 unspecified atom stereocenters. The third-order valence-corrected chi connectivity index (χ3v) is 3.57. The zero-order valence-corrected chi connectivity index (χ0v) is 11.0. The maximum atomic E-state index is 12.4. The predicted octanol–water partition coefficient (Wildman–Crippen LogP) is 1.21. The molecule has 1 aliphatic rings. The van der Waals surface area contributed by atoms with Crippen molar-refractivity contribution in [1.82, 2.24) is 9.78 Å². The van der Waals surface area contributed by atoms with Crippen molar-refractivity contribution < 1.29 is 14.3 Å². The maximum Gasteiger partial charge on any atom is 0.169 e. The second-order valence-corrected chi connectivity index (χ2v) is 4.62. The normalized spacial score (nSPS) is 18.8. The van der Waals surface area contributed by atoms with Crippen LogP contribution in [-0.2, 0) is 27.2 Å². The third-order valence-electron chi connectivity index (χ3n) is 3.57. The van der Waals surface area contributed by atoms with Crippen molar-refractivity contribution in [2.75, 3.05) is 20.3 Å². The Bertz CT molecular complexity index is 408. The summed E-state index contributed by atoms with van der Waals surface area (Å²) in [6, 6.07) is 0. The second-order valence-electron chi connectivity index (χ2n) is 4.62. The molecule has 0 radical (unpaired) electrons. The van der Waals surface area contributed by atoms with Crippen LogP contribution >= 0.6 is 0 Å². The fraction of sp³-hybridized carbons (Fsp3) is 0.692. The van der Waals surface area contributed by atoms with Gasteiger partial charge in [-0.2, -0.15) is 5.10 Å². The highest BCUT2D eigenvalue weighted by Crippen LogP contribution is 2.26. The van der Waals surface area contributed by atoms with E-state index in [0.717, 1.165) is 12.1 Å². The van der Waals surface area contributed by atoms with E-state index >= 15 is 0 Å². The quantitative estimate of drug-likeness (QED) is 0.790. The number of rotatable bonds is 5. The van der Waals surface area contributed by atoms with Crippen LogP contribution in [0.4, 0.5) is 0 Å². The topological polar surface area (TPSA) is 53.4 Å². The first-order valence-electron chi connectivity index (χ1n) is 6.38. The van der Waals surface area contributed by atoms with E-state index < -0.39 is 5.60 Å². The van der Waals surface area contributed by atoms with Crippen LogP contribution in [-0.4, -0.2) is 41.5 Å². The molecule has 1 saturated heterocycles. The molecule has 0 spiro atoms. The molecule has 18 heavy (non-hydrogen) atoms. The lowest BCUT2D eigenvalue weighted by atomic mass is 9.86. The SMILES string of the molecule is CCn1cc(CC(=O)C2(OC)CCOCC2)cn1. The number of methoxy groups -OCH3 is 1. The lowest BCUT2D eigenvalue weighted by Gasteiger charge is -2.34. The summed E-state index contributed by atoms with van der Waals surface area (Å²) < 4.78 is 12.6. The first kappa shape index (κ1) is 13.2. The van der Waals surface area contributed by atoms with Crippen molar-refractivity contribution in [3.63, 3.8) is 0 Å². The molecular weight excluding hydrogens is 232 g/mol. The smallest absolute Gasteiger partial charge is 0.169 e. The number of aromatic nitrogens is 2. The first-order chi connectivity index (χ1) is 8.70. The number of hydrogen-bond acceptors (Lipinski definition) is 4. The van der Waals surface area contributed by atoms with Crippen molar-refractivity contribution in [3.05, 3.63) is 18.0 Å². The molecular formula is C13H20N2O3. The molecule has 2 rings (SSSR count). The van der Waals surface area contributed by atoms with Gasteiger partial charge in [0.15, 0.2) is 5.78 Å². The van der Waals surface area contributed by atoms with E-state index in [0.29, 0.717) is 32.5 Å². The standard InChI is InChI=1S/C13H20N2O3/c1-3-15-10-11(9-14-15)8-12(16)13(17-2)4-6-18-7-5-13/h9-10H,3-8H2,1-2H3. The maximum absolute atomic E-state index is 12.4. The zero-order valence-electron chi connectivity index (χ0n) is 11.0. The van der Waals surface area contributed by atoms with E-state index in [4.69, 9.17) is 9.47 Å². The van der Waals surface area contributed by atoms with E-state index in [1.165, 1.54) is 0 Å². The van der Waals surface area contributed by atoms with Crippen LogP contribution in [0.15, 0.2) is 12.4 Å². The Labute approximate surface area is 107 Å². The summed E-state index contributed by atoms with van der Waals surface area (Å²) in [6.45, 7) is 4.02. The van der Waals surface area contributed by atoms with Crippen LogP contribution in [0, 0.1) is 0 Å². The van der Waals surface area contributed by atoms with E-state index in [1.807, 2.05) is 17.8 Å². The third kappa shape index (κ3) is 2.62. The number of ketones is 1. The zero-order chi connectivity index (χ0) is 13.0. The van der Waals surface area contributed by atoms with Gasteiger partial charge in [-0.1, -0.05) is 0 Å². The molecule has 0 atom stereocenters. The van der Waals surface area contributed by atoms with Crippen molar-refractivity contribution in [2.45, 2.75) is 38.3 Å². The van der Waals surface area contributed by atoms with E-state index in [1.54, 1.807) is 13.3 Å². The van der Waals surface area contributed by atoms with Crippen molar-refractivity contribution in [2.24, 2.45) is 0 Å².